The van der Waals surface area contributed by atoms with Crippen molar-refractivity contribution in [2.45, 2.75) is 62.2 Å². The molecule has 268 valence electrons. The van der Waals surface area contributed by atoms with Gasteiger partial charge in [-0.1, -0.05) is 47.1 Å². The topological polar surface area (TPSA) is 114 Å². The lowest BCUT2D eigenvalue weighted by molar-refractivity contribution is -0.124. The number of alkyl halides is 1. The molecule has 3 atom stereocenters. The molecule has 5 aromatic rings. The molecule has 0 bridgehead atoms. The maximum Gasteiger partial charge on any atom is 0.319 e. The van der Waals surface area contributed by atoms with Gasteiger partial charge in [0.15, 0.2) is 11.6 Å². The van der Waals surface area contributed by atoms with E-state index in [0.717, 1.165) is 37.6 Å². The quantitative estimate of drug-likeness (QED) is 0.154. The van der Waals surface area contributed by atoms with Gasteiger partial charge in [0.25, 0.3) is 5.89 Å². The highest BCUT2D eigenvalue weighted by molar-refractivity contribution is 6.36. The number of ether oxygens (including phenoxy) is 1. The summed E-state index contributed by atoms with van der Waals surface area (Å²) in [5.74, 6) is 0.976. The molecule has 3 aromatic heterocycles. The molecule has 3 saturated heterocycles. The highest BCUT2D eigenvalue weighted by Gasteiger charge is 2.49. The van der Waals surface area contributed by atoms with Crippen LogP contribution in [0.1, 0.15) is 56.2 Å². The zero-order chi connectivity index (χ0) is 35.6. The van der Waals surface area contributed by atoms with Crippen molar-refractivity contribution < 1.29 is 22.8 Å². The van der Waals surface area contributed by atoms with Crippen molar-refractivity contribution >= 4 is 51.1 Å². The smallest absolute Gasteiger partial charge is 0.319 e. The first-order chi connectivity index (χ1) is 25.3. The monoisotopic (exact) mass is 726 g/mol. The van der Waals surface area contributed by atoms with Crippen LogP contribution in [0.25, 0.3) is 39.0 Å². The van der Waals surface area contributed by atoms with E-state index in [0.29, 0.717) is 77.3 Å². The van der Waals surface area contributed by atoms with E-state index in [1.807, 2.05) is 36.2 Å². The lowest BCUT2D eigenvalue weighted by Crippen LogP contribution is -2.43. The SMILES string of the molecule is CN(c1nc(OC[C@@]23CCCN2C[C@H](F)C3)nc2c(F)c(-c3cccc4cccc(Cl)c34)ncc12)[C@@H]1CCN(C(=O)/C=C/c2nc(C3CC3)no2)C1. The Morgan fingerprint density at radius 3 is 2.83 bits per heavy atom. The van der Waals surface area contributed by atoms with Crippen LogP contribution in [0, 0.1) is 5.82 Å². The van der Waals surface area contributed by atoms with E-state index >= 15 is 4.39 Å². The summed E-state index contributed by atoms with van der Waals surface area (Å²) in [5.41, 5.74) is 0.263. The Morgan fingerprint density at radius 1 is 1.13 bits per heavy atom. The van der Waals surface area contributed by atoms with Crippen LogP contribution in [0.2, 0.25) is 5.02 Å². The molecule has 6 heterocycles. The number of anilines is 1. The molecule has 11 nitrogen and oxygen atoms in total. The molecule has 52 heavy (non-hydrogen) atoms. The predicted octanol–water partition coefficient (Wildman–Crippen LogP) is 6.60. The lowest BCUT2D eigenvalue weighted by Gasteiger charge is -2.31. The largest absolute Gasteiger partial charge is 0.461 e. The van der Waals surface area contributed by atoms with E-state index in [2.05, 4.69) is 25.0 Å². The van der Waals surface area contributed by atoms with Crippen LogP contribution in [-0.4, -0.2) is 98.4 Å². The number of pyridine rings is 1. The molecule has 3 aliphatic heterocycles. The summed E-state index contributed by atoms with van der Waals surface area (Å²) in [5, 5.41) is 6.44. The number of carbonyl (C=O) groups is 1. The number of hydrogen-bond acceptors (Lipinski definition) is 10. The maximum absolute atomic E-state index is 16.9. The van der Waals surface area contributed by atoms with Crippen molar-refractivity contribution in [1.82, 2.24) is 34.9 Å². The first kappa shape index (κ1) is 33.1. The van der Waals surface area contributed by atoms with Gasteiger partial charge >= 0.3 is 6.01 Å². The average Bonchev–Trinajstić information content (AvgIpc) is 3.44. The Bertz CT molecular complexity index is 2220. The van der Waals surface area contributed by atoms with E-state index in [1.54, 1.807) is 29.3 Å². The highest BCUT2D eigenvalue weighted by atomic mass is 35.5. The Labute approximate surface area is 303 Å². The van der Waals surface area contributed by atoms with Gasteiger partial charge in [-0.15, -0.1) is 0 Å². The summed E-state index contributed by atoms with van der Waals surface area (Å²) < 4.78 is 43.0. The van der Waals surface area contributed by atoms with Gasteiger partial charge in [0.1, 0.15) is 29.8 Å². The number of hydrogen-bond donors (Lipinski definition) is 0. The molecule has 0 N–H and O–H groups in total. The second kappa shape index (κ2) is 13.0. The minimum atomic E-state index is -0.920. The number of carbonyl (C=O) groups excluding carboxylic acids is 1. The summed E-state index contributed by atoms with van der Waals surface area (Å²) in [6.07, 6.45) is 8.59. The molecule has 0 unspecified atom stereocenters. The first-order valence-corrected chi connectivity index (χ1v) is 18.2. The minimum Gasteiger partial charge on any atom is -0.461 e. The number of aromatic nitrogens is 5. The van der Waals surface area contributed by atoms with Crippen LogP contribution in [0.3, 0.4) is 0 Å². The molecule has 1 amide bonds. The number of likely N-dealkylation sites (tertiary alicyclic amines) is 1. The zero-order valence-corrected chi connectivity index (χ0v) is 29.4. The summed E-state index contributed by atoms with van der Waals surface area (Å²) >= 11 is 6.63. The Morgan fingerprint density at radius 2 is 1.98 bits per heavy atom. The van der Waals surface area contributed by atoms with Crippen LogP contribution >= 0.6 is 11.6 Å². The van der Waals surface area contributed by atoms with Crippen molar-refractivity contribution in [2.24, 2.45) is 0 Å². The first-order valence-electron chi connectivity index (χ1n) is 17.9. The van der Waals surface area contributed by atoms with Crippen molar-refractivity contribution in [3.8, 4) is 17.3 Å². The second-order valence-corrected chi connectivity index (χ2v) is 14.9. The second-order valence-electron chi connectivity index (χ2n) is 14.5. The Hall–Kier alpha value is -4.75. The normalized spacial score (nSPS) is 23.3. The molecule has 0 spiro atoms. The fraction of sp³-hybridized carbons (Fsp3) is 0.421. The van der Waals surface area contributed by atoms with E-state index < -0.39 is 17.5 Å². The van der Waals surface area contributed by atoms with E-state index in [9.17, 15) is 9.18 Å². The summed E-state index contributed by atoms with van der Waals surface area (Å²) in [6, 6.07) is 11.0. The molecule has 4 aliphatic rings. The van der Waals surface area contributed by atoms with Gasteiger partial charge in [-0.3, -0.25) is 14.7 Å². The molecular formula is C38H37ClF2N8O3. The van der Waals surface area contributed by atoms with E-state index in [4.69, 9.17) is 25.8 Å². The third kappa shape index (κ3) is 5.93. The van der Waals surface area contributed by atoms with Crippen LogP contribution in [-0.2, 0) is 4.79 Å². The van der Waals surface area contributed by atoms with Gasteiger partial charge in [-0.05, 0) is 50.1 Å². The van der Waals surface area contributed by atoms with Gasteiger partial charge < -0.3 is 19.1 Å². The molecule has 4 fully saturated rings. The minimum absolute atomic E-state index is 0.00359. The molecule has 1 saturated carbocycles. The fourth-order valence-corrected chi connectivity index (χ4v) is 8.47. The summed E-state index contributed by atoms with van der Waals surface area (Å²) in [7, 11) is 1.87. The van der Waals surface area contributed by atoms with Gasteiger partial charge in [-0.25, -0.2) is 8.78 Å². The number of likely N-dealkylation sites (N-methyl/N-ethyl adjacent to an activating group) is 1. The van der Waals surface area contributed by atoms with E-state index in [1.165, 1.54) is 6.08 Å². The Balaban J connectivity index is 1.04. The number of rotatable bonds is 9. The molecule has 14 heteroatoms. The van der Waals surface area contributed by atoms with Crippen molar-refractivity contribution in [1.29, 1.82) is 0 Å². The molecule has 0 radical (unpaired) electrons. The molecule has 1 aliphatic carbocycles. The Kier molecular flexibility index (Phi) is 8.30. The average molecular weight is 727 g/mol. The van der Waals surface area contributed by atoms with Gasteiger partial charge in [0.05, 0.1) is 10.9 Å². The van der Waals surface area contributed by atoms with Crippen LogP contribution in [0.15, 0.2) is 53.2 Å². The summed E-state index contributed by atoms with van der Waals surface area (Å²) in [4.78, 5) is 37.5. The maximum atomic E-state index is 16.9. The fourth-order valence-electron chi connectivity index (χ4n) is 8.18. The highest BCUT2D eigenvalue weighted by Crippen LogP contribution is 2.42. The van der Waals surface area contributed by atoms with Crippen LogP contribution in [0.5, 0.6) is 6.01 Å². The molecular weight excluding hydrogens is 690 g/mol. The lowest BCUT2D eigenvalue weighted by atomic mass is 9.95. The third-order valence-electron chi connectivity index (χ3n) is 11.1. The molecule has 9 rings (SSSR count). The third-order valence-corrected chi connectivity index (χ3v) is 11.4. The predicted molar refractivity (Wildman–Crippen MR) is 192 cm³/mol. The summed E-state index contributed by atoms with van der Waals surface area (Å²) in [6.45, 7) is 2.33. The van der Waals surface area contributed by atoms with E-state index in [-0.39, 0.29) is 35.8 Å². The van der Waals surface area contributed by atoms with Crippen molar-refractivity contribution in [3.05, 3.63) is 71.2 Å². The van der Waals surface area contributed by atoms with Gasteiger partial charge in [0.2, 0.25) is 5.91 Å². The number of nitrogens with zero attached hydrogens (tertiary/aromatic N) is 8. The number of halogens is 3. The number of amides is 1. The zero-order valence-electron chi connectivity index (χ0n) is 28.6. The van der Waals surface area contributed by atoms with Crippen molar-refractivity contribution in [2.75, 3.05) is 44.7 Å². The van der Waals surface area contributed by atoms with Gasteiger partial charge in [0, 0.05) is 79.4 Å². The van der Waals surface area contributed by atoms with Crippen molar-refractivity contribution in [3.63, 3.8) is 0 Å². The van der Waals surface area contributed by atoms with Gasteiger partial charge in [-0.2, -0.15) is 15.0 Å². The molecule has 2 aromatic carbocycles. The van der Waals surface area contributed by atoms with Crippen LogP contribution in [0.4, 0.5) is 14.6 Å². The standard InChI is InChI=1S/C38H37ClF2N8O3/c1-47(25-13-16-48(20-25)30(50)12-11-29-43-35(46-52-29)23-9-10-23)36-27-18-42-33(26-7-2-5-22-6-3-8-28(39)31(22)26)32(41)34(27)44-37(45-36)51-21-38-14-4-15-49(38)19-24(40)17-38/h2-3,5-8,11-12,18,23-25H,4,9-10,13-17,19-21H2,1H3/b12-11+/t24-,25-,38+/m1/s1. The number of fused-ring (bicyclic) bond motifs is 3. The van der Waals surface area contributed by atoms with Crippen LogP contribution < -0.4 is 9.64 Å². The number of benzene rings is 2.